The molecule has 9 nitrogen and oxygen atoms in total. The van der Waals surface area contributed by atoms with E-state index in [0.29, 0.717) is 17.8 Å². The van der Waals surface area contributed by atoms with Crippen LogP contribution in [0.4, 0.5) is 5.69 Å². The molecule has 0 radical (unpaired) electrons. The van der Waals surface area contributed by atoms with Crippen molar-refractivity contribution in [2.75, 3.05) is 0 Å². The van der Waals surface area contributed by atoms with Crippen molar-refractivity contribution in [1.29, 1.82) is 0 Å². The quantitative estimate of drug-likeness (QED) is 0.615. The fourth-order valence-corrected chi connectivity index (χ4v) is 3.05. The van der Waals surface area contributed by atoms with Crippen molar-refractivity contribution in [2.24, 2.45) is 12.0 Å². The lowest BCUT2D eigenvalue weighted by atomic mass is 10.3. The largest absolute Gasteiger partial charge is 0.494 e. The number of para-hydroxylation sites is 1. The Hall–Kier alpha value is -3.62. The zero-order valence-corrected chi connectivity index (χ0v) is 16.5. The molecule has 0 saturated heterocycles. The molecule has 0 amide bonds. The second-order valence-corrected chi connectivity index (χ2v) is 6.67. The number of H-pyrrole nitrogens is 1. The van der Waals surface area contributed by atoms with Crippen LogP contribution in [0.15, 0.2) is 49.7 Å². The number of benzene rings is 1. The first-order valence-corrected chi connectivity index (χ1v) is 9.31. The van der Waals surface area contributed by atoms with Crippen molar-refractivity contribution in [3.8, 4) is 11.6 Å². The van der Waals surface area contributed by atoms with E-state index < -0.39 is 17.1 Å². The van der Waals surface area contributed by atoms with Gasteiger partial charge in [0.1, 0.15) is 5.56 Å². The Labute approximate surface area is 166 Å². The summed E-state index contributed by atoms with van der Waals surface area (Å²) in [7, 11) is 1.73. The molecule has 0 aliphatic heterocycles. The number of hydrogen-bond acceptors (Lipinski definition) is 5. The van der Waals surface area contributed by atoms with E-state index in [1.165, 1.54) is 4.68 Å². The zero-order chi connectivity index (χ0) is 21.1. The molecule has 0 bridgehead atoms. The van der Waals surface area contributed by atoms with Crippen LogP contribution in [0.2, 0.25) is 0 Å². The number of unbranched alkanes of at least 4 members (excludes halogenated alkanes) is 1. The highest BCUT2D eigenvalue weighted by molar-refractivity contribution is 5.84. The van der Waals surface area contributed by atoms with Crippen molar-refractivity contribution < 1.29 is 5.11 Å². The first kappa shape index (κ1) is 20.1. The van der Waals surface area contributed by atoms with Gasteiger partial charge < -0.3 is 5.11 Å². The van der Waals surface area contributed by atoms with Crippen molar-refractivity contribution in [3.05, 3.63) is 72.8 Å². The predicted octanol–water partition coefficient (Wildman–Crippen LogP) is 1.59. The first-order valence-electron chi connectivity index (χ1n) is 9.31. The van der Waals surface area contributed by atoms with Gasteiger partial charge in [-0.15, -0.1) is 0 Å². The molecule has 2 aromatic heterocycles. The maximum atomic E-state index is 12.9. The Balaban J connectivity index is 2.09. The van der Waals surface area contributed by atoms with Crippen molar-refractivity contribution >= 4 is 11.9 Å². The molecule has 0 atom stereocenters. The summed E-state index contributed by atoms with van der Waals surface area (Å²) in [6, 6.07) is 9.10. The number of aromatic nitrogens is 4. The topological polar surface area (TPSA) is 114 Å². The van der Waals surface area contributed by atoms with Gasteiger partial charge in [-0.25, -0.2) is 14.5 Å². The summed E-state index contributed by atoms with van der Waals surface area (Å²) in [5, 5.41) is 10.4. The minimum Gasteiger partial charge on any atom is -0.494 e. The predicted molar refractivity (Wildman–Crippen MR) is 111 cm³/mol. The molecule has 0 aliphatic carbocycles. The Morgan fingerprint density at radius 3 is 2.52 bits per heavy atom. The molecule has 3 aromatic rings. The highest BCUT2D eigenvalue weighted by Gasteiger charge is 2.17. The molecule has 0 saturated carbocycles. The van der Waals surface area contributed by atoms with Gasteiger partial charge in [0.05, 0.1) is 11.4 Å². The van der Waals surface area contributed by atoms with Gasteiger partial charge in [0, 0.05) is 19.8 Å². The average Bonchev–Trinajstić information content (AvgIpc) is 2.91. The maximum absolute atomic E-state index is 12.9. The first-order chi connectivity index (χ1) is 13.9. The second-order valence-electron chi connectivity index (χ2n) is 6.67. The van der Waals surface area contributed by atoms with E-state index in [2.05, 4.69) is 9.98 Å². The highest BCUT2D eigenvalue weighted by Crippen LogP contribution is 2.17. The van der Waals surface area contributed by atoms with E-state index in [1.807, 2.05) is 25.1 Å². The van der Waals surface area contributed by atoms with Crippen LogP contribution in [0.3, 0.4) is 0 Å². The molecule has 1 aromatic carbocycles. The normalized spacial score (nSPS) is 11.4. The van der Waals surface area contributed by atoms with Crippen LogP contribution >= 0.6 is 0 Å². The van der Waals surface area contributed by atoms with Gasteiger partial charge in [-0.2, -0.15) is 0 Å². The third kappa shape index (κ3) is 3.71. The Morgan fingerprint density at radius 2 is 1.86 bits per heavy atom. The number of aliphatic imine (C=N–C) groups is 1. The summed E-state index contributed by atoms with van der Waals surface area (Å²) in [4.78, 5) is 43.4. The molecule has 29 heavy (non-hydrogen) atoms. The Bertz CT molecular complexity index is 1230. The van der Waals surface area contributed by atoms with Crippen LogP contribution in [-0.2, 0) is 13.6 Å². The zero-order valence-electron chi connectivity index (χ0n) is 16.5. The molecule has 152 valence electrons. The van der Waals surface area contributed by atoms with Crippen molar-refractivity contribution in [2.45, 2.75) is 33.2 Å². The van der Waals surface area contributed by atoms with Crippen LogP contribution < -0.4 is 16.8 Å². The lowest BCUT2D eigenvalue weighted by Crippen LogP contribution is -2.32. The second kappa shape index (κ2) is 8.17. The SMILES string of the molecule is CCCCn1c(O)c(C=Nc2c(C)n(C)n(-c3ccccc3)c2=O)c(=O)[nH]c1=O. The molecule has 0 unspecified atom stereocenters. The number of aromatic hydroxyl groups is 1. The van der Waals surface area contributed by atoms with Crippen LogP contribution in [0, 0.1) is 6.92 Å². The summed E-state index contributed by atoms with van der Waals surface area (Å²) in [6.07, 6.45) is 2.60. The minimum atomic E-state index is -0.763. The maximum Gasteiger partial charge on any atom is 0.331 e. The van der Waals surface area contributed by atoms with E-state index in [9.17, 15) is 19.5 Å². The molecule has 9 heteroatoms. The van der Waals surface area contributed by atoms with Crippen LogP contribution in [0.1, 0.15) is 31.0 Å². The van der Waals surface area contributed by atoms with Gasteiger partial charge in [-0.1, -0.05) is 31.5 Å². The standard InChI is InChI=1S/C20H23N5O4/c1-4-5-11-24-18(27)15(17(26)22-20(24)29)12-21-16-13(2)23(3)25(19(16)28)14-9-7-6-8-10-14/h6-10,12,27H,4-5,11H2,1-3H3,(H,22,26,29). The third-order valence-electron chi connectivity index (χ3n) is 4.79. The number of rotatable bonds is 6. The number of hydrogen-bond donors (Lipinski definition) is 2. The molecule has 3 rings (SSSR count). The summed E-state index contributed by atoms with van der Waals surface area (Å²) in [6.45, 7) is 3.95. The fraction of sp³-hybridized carbons (Fsp3) is 0.300. The van der Waals surface area contributed by atoms with Gasteiger partial charge in [-0.05, 0) is 25.5 Å². The minimum absolute atomic E-state index is 0.140. The number of nitrogens with zero attached hydrogens (tertiary/aromatic N) is 4. The smallest absolute Gasteiger partial charge is 0.331 e. The van der Waals surface area contributed by atoms with Crippen LogP contribution in [0.5, 0.6) is 5.88 Å². The van der Waals surface area contributed by atoms with Crippen molar-refractivity contribution in [3.63, 3.8) is 0 Å². The van der Waals surface area contributed by atoms with Crippen LogP contribution in [-0.4, -0.2) is 30.2 Å². The molecular formula is C20H23N5O4. The van der Waals surface area contributed by atoms with E-state index >= 15 is 0 Å². The van der Waals surface area contributed by atoms with Gasteiger partial charge in [0.25, 0.3) is 11.1 Å². The molecule has 0 spiro atoms. The van der Waals surface area contributed by atoms with Gasteiger partial charge in [0.2, 0.25) is 5.88 Å². The molecule has 0 fully saturated rings. The molecule has 2 N–H and O–H groups in total. The monoisotopic (exact) mass is 397 g/mol. The highest BCUT2D eigenvalue weighted by atomic mass is 16.3. The fourth-order valence-electron chi connectivity index (χ4n) is 3.05. The number of aromatic amines is 1. The Kier molecular flexibility index (Phi) is 5.67. The molecule has 2 heterocycles. The van der Waals surface area contributed by atoms with Gasteiger partial charge in [-0.3, -0.25) is 23.8 Å². The van der Waals surface area contributed by atoms with Crippen molar-refractivity contribution in [1.82, 2.24) is 18.9 Å². The summed E-state index contributed by atoms with van der Waals surface area (Å²) in [5.41, 5.74) is -0.566. The van der Waals surface area contributed by atoms with E-state index in [4.69, 9.17) is 0 Å². The van der Waals surface area contributed by atoms with E-state index in [1.54, 1.807) is 30.8 Å². The van der Waals surface area contributed by atoms with Gasteiger partial charge in [0.15, 0.2) is 5.69 Å². The summed E-state index contributed by atoms with van der Waals surface area (Å²) in [5.74, 6) is -0.465. The van der Waals surface area contributed by atoms with Gasteiger partial charge >= 0.3 is 5.69 Å². The third-order valence-corrected chi connectivity index (χ3v) is 4.79. The summed E-state index contributed by atoms with van der Waals surface area (Å²) >= 11 is 0. The molecule has 0 aliphatic rings. The molecular weight excluding hydrogens is 374 g/mol. The number of nitrogens with one attached hydrogen (secondary N) is 1. The summed E-state index contributed by atoms with van der Waals surface area (Å²) < 4.78 is 4.22. The van der Waals surface area contributed by atoms with E-state index in [-0.39, 0.29) is 23.4 Å². The lowest BCUT2D eigenvalue weighted by molar-refractivity contribution is 0.394. The Morgan fingerprint density at radius 1 is 1.17 bits per heavy atom. The lowest BCUT2D eigenvalue weighted by Gasteiger charge is -2.08. The van der Waals surface area contributed by atoms with Crippen LogP contribution in [0.25, 0.3) is 5.69 Å². The average molecular weight is 397 g/mol. The van der Waals surface area contributed by atoms with E-state index in [0.717, 1.165) is 17.2 Å².